The lowest BCUT2D eigenvalue weighted by Crippen LogP contribution is -2.02. The molecule has 0 saturated heterocycles. The number of methoxy groups -OCH3 is 3. The van der Waals surface area contributed by atoms with E-state index in [0.717, 1.165) is 22.4 Å². The molecular weight excluding hydrogens is 268 g/mol. The van der Waals surface area contributed by atoms with Gasteiger partial charge >= 0.3 is 0 Å². The Balaban J connectivity index is 2.35. The minimum atomic E-state index is -0.727. The quantitative estimate of drug-likeness (QED) is 0.918. The van der Waals surface area contributed by atoms with Crippen LogP contribution in [0.1, 0.15) is 22.8 Å². The van der Waals surface area contributed by atoms with Gasteiger partial charge in [0.05, 0.1) is 21.3 Å². The number of aliphatic hydroxyl groups excluding tert-OH is 1. The fourth-order valence-corrected chi connectivity index (χ4v) is 2.29. The molecule has 0 fully saturated rings. The topological polar surface area (TPSA) is 47.9 Å². The zero-order valence-electron chi connectivity index (χ0n) is 12.7. The van der Waals surface area contributed by atoms with Gasteiger partial charge in [-0.25, -0.2) is 0 Å². The molecule has 21 heavy (non-hydrogen) atoms. The van der Waals surface area contributed by atoms with Crippen molar-refractivity contribution >= 4 is 0 Å². The van der Waals surface area contributed by atoms with E-state index in [1.165, 1.54) is 0 Å². The molecule has 0 spiro atoms. The highest BCUT2D eigenvalue weighted by Crippen LogP contribution is 2.33. The predicted octanol–water partition coefficient (Wildman–Crippen LogP) is 3.10. The number of rotatable bonds is 5. The Morgan fingerprint density at radius 3 is 1.81 bits per heavy atom. The van der Waals surface area contributed by atoms with Crippen LogP contribution in [0.25, 0.3) is 0 Å². The molecule has 4 heteroatoms. The van der Waals surface area contributed by atoms with E-state index in [9.17, 15) is 5.11 Å². The van der Waals surface area contributed by atoms with Gasteiger partial charge in [0.25, 0.3) is 0 Å². The molecule has 2 aromatic rings. The second-order valence-electron chi connectivity index (χ2n) is 4.75. The molecule has 0 amide bonds. The summed E-state index contributed by atoms with van der Waals surface area (Å²) in [6, 6.07) is 11.0. The van der Waals surface area contributed by atoms with Crippen molar-refractivity contribution in [3.63, 3.8) is 0 Å². The summed E-state index contributed by atoms with van der Waals surface area (Å²) in [6.07, 6.45) is -0.727. The van der Waals surface area contributed by atoms with Crippen molar-refractivity contribution in [1.29, 1.82) is 0 Å². The fourth-order valence-electron chi connectivity index (χ4n) is 2.29. The van der Waals surface area contributed by atoms with Crippen molar-refractivity contribution in [3.05, 3.63) is 53.1 Å². The number of hydrogen-bond donors (Lipinski definition) is 1. The van der Waals surface area contributed by atoms with Crippen molar-refractivity contribution in [2.24, 2.45) is 0 Å². The average Bonchev–Trinajstić information content (AvgIpc) is 2.53. The van der Waals surface area contributed by atoms with E-state index in [1.54, 1.807) is 33.5 Å². The van der Waals surface area contributed by atoms with Crippen LogP contribution in [-0.4, -0.2) is 26.4 Å². The molecule has 2 rings (SSSR count). The van der Waals surface area contributed by atoms with Gasteiger partial charge in [0, 0.05) is 0 Å². The first-order valence-electron chi connectivity index (χ1n) is 6.65. The van der Waals surface area contributed by atoms with Crippen LogP contribution in [0.2, 0.25) is 0 Å². The van der Waals surface area contributed by atoms with E-state index < -0.39 is 6.10 Å². The predicted molar refractivity (Wildman–Crippen MR) is 81.3 cm³/mol. The van der Waals surface area contributed by atoms with Crippen LogP contribution in [-0.2, 0) is 0 Å². The van der Waals surface area contributed by atoms with Crippen LogP contribution in [0.5, 0.6) is 17.2 Å². The van der Waals surface area contributed by atoms with Gasteiger partial charge < -0.3 is 19.3 Å². The van der Waals surface area contributed by atoms with Gasteiger partial charge in [0.15, 0.2) is 11.5 Å². The van der Waals surface area contributed by atoms with Gasteiger partial charge in [-0.3, -0.25) is 0 Å². The summed E-state index contributed by atoms with van der Waals surface area (Å²) in [5, 5.41) is 10.5. The molecule has 112 valence electrons. The minimum absolute atomic E-state index is 0.597. The summed E-state index contributed by atoms with van der Waals surface area (Å²) in [4.78, 5) is 0. The number of hydrogen-bond acceptors (Lipinski definition) is 4. The largest absolute Gasteiger partial charge is 0.496 e. The van der Waals surface area contributed by atoms with Crippen molar-refractivity contribution in [3.8, 4) is 17.2 Å². The Labute approximate surface area is 124 Å². The molecule has 0 aliphatic rings. The van der Waals surface area contributed by atoms with Crippen LogP contribution in [0.4, 0.5) is 0 Å². The molecule has 1 unspecified atom stereocenters. The number of aliphatic hydroxyl groups is 1. The third-order valence-electron chi connectivity index (χ3n) is 3.46. The summed E-state index contributed by atoms with van der Waals surface area (Å²) in [6.45, 7) is 1.95. The van der Waals surface area contributed by atoms with E-state index in [2.05, 4.69) is 0 Å². The van der Waals surface area contributed by atoms with Crippen molar-refractivity contribution < 1.29 is 19.3 Å². The number of benzene rings is 2. The van der Waals surface area contributed by atoms with Crippen LogP contribution in [0.3, 0.4) is 0 Å². The maximum Gasteiger partial charge on any atom is 0.161 e. The Hall–Kier alpha value is -2.20. The average molecular weight is 288 g/mol. The molecule has 1 atom stereocenters. The lowest BCUT2D eigenvalue weighted by atomic mass is 9.99. The Kier molecular flexibility index (Phi) is 4.70. The molecule has 2 aromatic carbocycles. The summed E-state index contributed by atoms with van der Waals surface area (Å²) < 4.78 is 15.7. The smallest absolute Gasteiger partial charge is 0.161 e. The Bertz CT molecular complexity index is 622. The molecule has 0 radical (unpaired) electrons. The fraction of sp³-hybridized carbons (Fsp3) is 0.294. The maximum atomic E-state index is 10.5. The molecule has 4 nitrogen and oxygen atoms in total. The van der Waals surface area contributed by atoms with Crippen molar-refractivity contribution in [2.75, 3.05) is 21.3 Å². The Morgan fingerprint density at radius 1 is 0.762 bits per heavy atom. The molecule has 0 aliphatic heterocycles. The van der Waals surface area contributed by atoms with Gasteiger partial charge in [-0.15, -0.1) is 0 Å². The molecular formula is C17H20O4. The third-order valence-corrected chi connectivity index (χ3v) is 3.46. The summed E-state index contributed by atoms with van der Waals surface area (Å²) in [5.74, 6) is 2.04. The molecule has 0 aromatic heterocycles. The first kappa shape index (κ1) is 15.2. The Morgan fingerprint density at radius 2 is 1.29 bits per heavy atom. The first-order chi connectivity index (χ1) is 10.1. The molecule has 0 bridgehead atoms. The normalized spacial score (nSPS) is 11.9. The van der Waals surface area contributed by atoms with E-state index in [0.29, 0.717) is 11.5 Å². The van der Waals surface area contributed by atoms with E-state index in [4.69, 9.17) is 14.2 Å². The zero-order chi connectivity index (χ0) is 15.4. The number of ether oxygens (including phenoxy) is 3. The minimum Gasteiger partial charge on any atom is -0.496 e. The van der Waals surface area contributed by atoms with Gasteiger partial charge in [-0.1, -0.05) is 12.1 Å². The van der Waals surface area contributed by atoms with Crippen molar-refractivity contribution in [2.45, 2.75) is 13.0 Å². The van der Waals surface area contributed by atoms with Gasteiger partial charge in [-0.2, -0.15) is 0 Å². The summed E-state index contributed by atoms with van der Waals surface area (Å²) >= 11 is 0. The molecule has 0 aliphatic carbocycles. The second kappa shape index (κ2) is 6.50. The molecule has 1 N–H and O–H groups in total. The summed E-state index contributed by atoms with van der Waals surface area (Å²) in [7, 11) is 4.79. The van der Waals surface area contributed by atoms with E-state index >= 15 is 0 Å². The first-order valence-corrected chi connectivity index (χ1v) is 6.65. The van der Waals surface area contributed by atoms with E-state index in [-0.39, 0.29) is 0 Å². The van der Waals surface area contributed by atoms with Gasteiger partial charge in [0.2, 0.25) is 0 Å². The zero-order valence-corrected chi connectivity index (χ0v) is 12.7. The van der Waals surface area contributed by atoms with Crippen LogP contribution >= 0.6 is 0 Å². The highest BCUT2D eigenvalue weighted by atomic mass is 16.5. The summed E-state index contributed by atoms with van der Waals surface area (Å²) in [5.41, 5.74) is 2.53. The number of aryl methyl sites for hydroxylation is 1. The molecule has 0 saturated carbocycles. The monoisotopic (exact) mass is 288 g/mol. The van der Waals surface area contributed by atoms with Crippen LogP contribution in [0, 0.1) is 6.92 Å². The lowest BCUT2D eigenvalue weighted by molar-refractivity contribution is 0.219. The van der Waals surface area contributed by atoms with Gasteiger partial charge in [0.1, 0.15) is 11.9 Å². The van der Waals surface area contributed by atoms with E-state index in [1.807, 2.05) is 31.2 Å². The van der Waals surface area contributed by atoms with Crippen LogP contribution < -0.4 is 14.2 Å². The SMILES string of the molecule is COc1ccc(C(O)c2ccc(OC)c(OC)c2)cc1C. The highest BCUT2D eigenvalue weighted by molar-refractivity contribution is 5.46. The maximum absolute atomic E-state index is 10.5. The second-order valence-corrected chi connectivity index (χ2v) is 4.75. The third kappa shape index (κ3) is 3.11. The van der Waals surface area contributed by atoms with Gasteiger partial charge in [-0.05, 0) is 47.9 Å². The highest BCUT2D eigenvalue weighted by Gasteiger charge is 2.14. The standard InChI is InChI=1S/C17H20O4/c1-11-9-12(5-7-14(11)19-2)17(18)13-6-8-15(20-3)16(10-13)21-4/h5-10,17-18H,1-4H3. The lowest BCUT2D eigenvalue weighted by Gasteiger charge is -2.16. The van der Waals surface area contributed by atoms with Crippen molar-refractivity contribution in [1.82, 2.24) is 0 Å². The molecule has 0 heterocycles. The van der Waals surface area contributed by atoms with Crippen LogP contribution in [0.15, 0.2) is 36.4 Å².